The molecule has 0 aliphatic carbocycles. The Kier molecular flexibility index (Phi) is 4.21. The number of rotatable bonds is 4. The summed E-state index contributed by atoms with van der Waals surface area (Å²) in [6.45, 7) is 0.310. The first-order valence-corrected chi connectivity index (χ1v) is 7.15. The van der Waals surface area contributed by atoms with Crippen molar-refractivity contribution in [2.45, 2.75) is 6.54 Å². The third kappa shape index (κ3) is 3.35. The predicted octanol–water partition coefficient (Wildman–Crippen LogP) is 3.93. The molecule has 0 saturated carbocycles. The average Bonchev–Trinajstić information content (AvgIpc) is 3.03. The Balaban J connectivity index is 1.65. The summed E-state index contributed by atoms with van der Waals surface area (Å²) in [4.78, 5) is 11.9. The molecule has 2 aromatic carbocycles. The van der Waals surface area contributed by atoms with Crippen molar-refractivity contribution in [1.82, 2.24) is 10.5 Å². The van der Waals surface area contributed by atoms with Crippen LogP contribution in [0.1, 0.15) is 16.1 Å². The first-order valence-electron chi connectivity index (χ1n) is 6.77. The van der Waals surface area contributed by atoms with Crippen molar-refractivity contribution in [2.75, 3.05) is 0 Å². The van der Waals surface area contributed by atoms with Crippen molar-refractivity contribution in [3.05, 3.63) is 76.9 Å². The minimum absolute atomic E-state index is 0.142. The number of hydrogen-bond acceptors (Lipinski definition) is 3. The van der Waals surface area contributed by atoms with Crippen LogP contribution in [-0.4, -0.2) is 11.1 Å². The van der Waals surface area contributed by atoms with Crippen molar-refractivity contribution < 1.29 is 9.32 Å². The largest absolute Gasteiger partial charge is 0.356 e. The molecule has 110 valence electrons. The van der Waals surface area contributed by atoms with Gasteiger partial charge in [0, 0.05) is 22.2 Å². The zero-order valence-corrected chi connectivity index (χ0v) is 12.4. The van der Waals surface area contributed by atoms with Crippen LogP contribution in [0.4, 0.5) is 0 Å². The van der Waals surface area contributed by atoms with E-state index in [-0.39, 0.29) is 5.91 Å². The minimum Gasteiger partial charge on any atom is -0.356 e. The molecule has 0 aliphatic heterocycles. The lowest BCUT2D eigenvalue weighted by atomic mass is 10.1. The van der Waals surface area contributed by atoms with Crippen LogP contribution in [0.25, 0.3) is 11.3 Å². The van der Waals surface area contributed by atoms with Crippen LogP contribution < -0.4 is 5.32 Å². The fourth-order valence-electron chi connectivity index (χ4n) is 2.01. The molecule has 0 fully saturated rings. The van der Waals surface area contributed by atoms with E-state index in [1.54, 1.807) is 30.3 Å². The number of benzene rings is 2. The maximum atomic E-state index is 11.9. The van der Waals surface area contributed by atoms with Crippen LogP contribution in [0.15, 0.2) is 65.2 Å². The van der Waals surface area contributed by atoms with E-state index in [1.165, 1.54) is 0 Å². The Hall–Kier alpha value is -2.59. The number of halogens is 1. The molecule has 1 aromatic heterocycles. The molecule has 1 heterocycles. The Morgan fingerprint density at radius 2 is 1.82 bits per heavy atom. The molecule has 3 aromatic rings. The molecule has 0 unspecified atom stereocenters. The number of carbonyl (C=O) groups is 1. The topological polar surface area (TPSA) is 55.1 Å². The van der Waals surface area contributed by atoms with Crippen LogP contribution in [-0.2, 0) is 6.54 Å². The van der Waals surface area contributed by atoms with E-state index in [4.69, 9.17) is 16.1 Å². The number of carbonyl (C=O) groups excluding carboxylic acids is 1. The molecule has 0 spiro atoms. The third-order valence-electron chi connectivity index (χ3n) is 3.15. The highest BCUT2D eigenvalue weighted by Crippen LogP contribution is 2.22. The second-order valence-electron chi connectivity index (χ2n) is 4.74. The van der Waals surface area contributed by atoms with Crippen molar-refractivity contribution >= 4 is 17.5 Å². The Morgan fingerprint density at radius 1 is 1.09 bits per heavy atom. The van der Waals surface area contributed by atoms with Crippen LogP contribution in [0.5, 0.6) is 0 Å². The molecule has 0 aliphatic rings. The van der Waals surface area contributed by atoms with Gasteiger partial charge in [-0.15, -0.1) is 0 Å². The summed E-state index contributed by atoms with van der Waals surface area (Å²) < 4.78 is 5.28. The molecule has 1 N–H and O–H groups in total. The van der Waals surface area contributed by atoms with Gasteiger partial charge in [-0.3, -0.25) is 4.79 Å². The van der Waals surface area contributed by atoms with Crippen molar-refractivity contribution in [3.63, 3.8) is 0 Å². The summed E-state index contributed by atoms with van der Waals surface area (Å²) in [5.41, 5.74) is 2.16. The first-order chi connectivity index (χ1) is 10.7. The molecular weight excluding hydrogens is 300 g/mol. The lowest BCUT2D eigenvalue weighted by Crippen LogP contribution is -2.22. The summed E-state index contributed by atoms with van der Waals surface area (Å²) in [7, 11) is 0. The van der Waals surface area contributed by atoms with Gasteiger partial charge in [-0.1, -0.05) is 35.0 Å². The van der Waals surface area contributed by atoms with Crippen LogP contribution in [0.3, 0.4) is 0 Å². The van der Waals surface area contributed by atoms with Gasteiger partial charge in [0.2, 0.25) is 0 Å². The lowest BCUT2D eigenvalue weighted by Gasteiger charge is -2.01. The van der Waals surface area contributed by atoms with E-state index in [9.17, 15) is 4.79 Å². The van der Waals surface area contributed by atoms with Gasteiger partial charge in [0.25, 0.3) is 5.91 Å². The van der Waals surface area contributed by atoms with Gasteiger partial charge in [-0.2, -0.15) is 0 Å². The fraction of sp³-hybridized carbons (Fsp3) is 0.0588. The lowest BCUT2D eigenvalue weighted by molar-refractivity contribution is 0.0950. The quantitative estimate of drug-likeness (QED) is 0.794. The summed E-state index contributed by atoms with van der Waals surface area (Å²) in [5.74, 6) is 0.497. The van der Waals surface area contributed by atoms with E-state index in [0.717, 1.165) is 5.56 Å². The molecule has 5 heteroatoms. The minimum atomic E-state index is -0.142. The normalized spacial score (nSPS) is 10.4. The molecule has 0 saturated heterocycles. The van der Waals surface area contributed by atoms with Gasteiger partial charge in [-0.05, 0) is 36.4 Å². The number of aromatic nitrogens is 1. The zero-order chi connectivity index (χ0) is 15.4. The zero-order valence-electron chi connectivity index (χ0n) is 11.6. The molecule has 0 radical (unpaired) electrons. The monoisotopic (exact) mass is 312 g/mol. The maximum absolute atomic E-state index is 11.9. The highest BCUT2D eigenvalue weighted by Gasteiger charge is 2.09. The van der Waals surface area contributed by atoms with Gasteiger partial charge < -0.3 is 9.84 Å². The second-order valence-corrected chi connectivity index (χ2v) is 5.17. The fourth-order valence-corrected chi connectivity index (χ4v) is 2.13. The van der Waals surface area contributed by atoms with E-state index in [2.05, 4.69) is 10.5 Å². The number of nitrogens with zero attached hydrogens (tertiary/aromatic N) is 1. The molecular formula is C17H13ClN2O2. The molecule has 0 bridgehead atoms. The van der Waals surface area contributed by atoms with Crippen LogP contribution in [0, 0.1) is 0 Å². The standard InChI is InChI=1S/C17H13ClN2O2/c18-14-8-6-12(7-9-14)16-10-15(20-22-16)11-19-17(21)13-4-2-1-3-5-13/h1-10H,11H2,(H,19,21). The SMILES string of the molecule is O=C(NCc1cc(-c2ccc(Cl)cc2)on1)c1ccccc1. The average molecular weight is 313 g/mol. The Morgan fingerprint density at radius 3 is 2.55 bits per heavy atom. The second kappa shape index (κ2) is 6.45. The summed E-state index contributed by atoms with van der Waals surface area (Å²) >= 11 is 5.85. The first kappa shape index (κ1) is 14.4. The number of hydrogen-bond donors (Lipinski definition) is 1. The highest BCUT2D eigenvalue weighted by atomic mass is 35.5. The van der Waals surface area contributed by atoms with E-state index in [1.807, 2.05) is 30.3 Å². The van der Waals surface area contributed by atoms with Gasteiger partial charge in [0.05, 0.1) is 6.54 Å². The summed E-state index contributed by atoms with van der Waals surface area (Å²) in [6.07, 6.45) is 0. The molecule has 0 atom stereocenters. The maximum Gasteiger partial charge on any atom is 0.251 e. The van der Waals surface area contributed by atoms with E-state index in [0.29, 0.717) is 28.6 Å². The van der Waals surface area contributed by atoms with E-state index < -0.39 is 0 Å². The van der Waals surface area contributed by atoms with Crippen molar-refractivity contribution in [1.29, 1.82) is 0 Å². The number of amides is 1. The van der Waals surface area contributed by atoms with Crippen molar-refractivity contribution in [2.24, 2.45) is 0 Å². The Labute approximate surface area is 132 Å². The molecule has 3 rings (SSSR count). The third-order valence-corrected chi connectivity index (χ3v) is 3.41. The predicted molar refractivity (Wildman–Crippen MR) is 84.6 cm³/mol. The molecule has 22 heavy (non-hydrogen) atoms. The molecule has 4 nitrogen and oxygen atoms in total. The van der Waals surface area contributed by atoms with Crippen LogP contribution >= 0.6 is 11.6 Å². The smallest absolute Gasteiger partial charge is 0.251 e. The van der Waals surface area contributed by atoms with Crippen LogP contribution in [0.2, 0.25) is 5.02 Å². The Bertz CT molecular complexity index is 767. The number of nitrogens with one attached hydrogen (secondary N) is 1. The summed E-state index contributed by atoms with van der Waals surface area (Å²) in [6, 6.07) is 18.1. The van der Waals surface area contributed by atoms with Gasteiger partial charge in [0.1, 0.15) is 5.69 Å². The van der Waals surface area contributed by atoms with Gasteiger partial charge >= 0.3 is 0 Å². The highest BCUT2D eigenvalue weighted by molar-refractivity contribution is 6.30. The van der Waals surface area contributed by atoms with Crippen molar-refractivity contribution in [3.8, 4) is 11.3 Å². The van der Waals surface area contributed by atoms with E-state index >= 15 is 0 Å². The molecule has 1 amide bonds. The van der Waals surface area contributed by atoms with Gasteiger partial charge in [0.15, 0.2) is 5.76 Å². The van der Waals surface area contributed by atoms with Gasteiger partial charge in [-0.25, -0.2) is 0 Å². The summed E-state index contributed by atoms with van der Waals surface area (Å²) in [5, 5.41) is 7.43.